The Balaban J connectivity index is 1.85. The standard InChI is InChI=1S/C18H16FN3OS/c1-2-15-14-9-10-21(16-4-3-11-24-16)18(23)17(14)22(20-15)13-7-5-12(19)6-8-13/h3-8,11H,2,9-10H2,1H3. The molecule has 1 aromatic carbocycles. The second-order valence-electron chi connectivity index (χ2n) is 5.67. The summed E-state index contributed by atoms with van der Waals surface area (Å²) < 4.78 is 14.9. The number of fused-ring (bicyclic) bond motifs is 1. The summed E-state index contributed by atoms with van der Waals surface area (Å²) in [7, 11) is 0. The molecule has 0 atom stereocenters. The largest absolute Gasteiger partial charge is 0.298 e. The number of anilines is 1. The lowest BCUT2D eigenvalue weighted by Crippen LogP contribution is -2.38. The number of nitrogens with zero attached hydrogens (tertiary/aromatic N) is 3. The van der Waals surface area contributed by atoms with E-state index in [9.17, 15) is 9.18 Å². The number of amides is 1. The van der Waals surface area contributed by atoms with Crippen molar-refractivity contribution < 1.29 is 9.18 Å². The molecule has 1 aliphatic heterocycles. The number of aromatic nitrogens is 2. The minimum atomic E-state index is -0.304. The molecular formula is C18H16FN3OS. The number of carbonyl (C=O) groups is 1. The van der Waals surface area contributed by atoms with Gasteiger partial charge in [-0.3, -0.25) is 9.69 Å². The van der Waals surface area contributed by atoms with E-state index in [1.165, 1.54) is 12.1 Å². The van der Waals surface area contributed by atoms with Gasteiger partial charge in [0.25, 0.3) is 5.91 Å². The van der Waals surface area contributed by atoms with Gasteiger partial charge in [0.15, 0.2) is 0 Å². The molecule has 0 N–H and O–H groups in total. The van der Waals surface area contributed by atoms with Crippen LogP contribution in [0.5, 0.6) is 0 Å². The Labute approximate surface area is 143 Å². The summed E-state index contributed by atoms with van der Waals surface area (Å²) in [6.45, 7) is 2.70. The molecule has 0 saturated heterocycles. The number of aryl methyl sites for hydroxylation is 1. The number of hydrogen-bond acceptors (Lipinski definition) is 3. The van der Waals surface area contributed by atoms with Gasteiger partial charge in [0, 0.05) is 12.1 Å². The van der Waals surface area contributed by atoms with Gasteiger partial charge in [0.2, 0.25) is 0 Å². The summed E-state index contributed by atoms with van der Waals surface area (Å²) in [6.07, 6.45) is 1.55. The normalized spacial score (nSPS) is 14.1. The van der Waals surface area contributed by atoms with Crippen LogP contribution in [-0.4, -0.2) is 22.2 Å². The molecule has 3 aromatic rings. The number of halogens is 1. The first-order valence-corrected chi connectivity index (χ1v) is 8.79. The SMILES string of the molecule is CCc1nn(-c2ccc(F)cc2)c2c1CCN(c1cccs1)C2=O. The van der Waals surface area contributed by atoms with Crippen molar-refractivity contribution in [2.24, 2.45) is 0 Å². The Hall–Kier alpha value is -2.47. The molecule has 0 bridgehead atoms. The fraction of sp³-hybridized carbons (Fsp3) is 0.222. The lowest BCUT2D eigenvalue weighted by Gasteiger charge is -2.26. The highest BCUT2D eigenvalue weighted by Crippen LogP contribution is 2.31. The summed E-state index contributed by atoms with van der Waals surface area (Å²) in [4.78, 5) is 14.9. The van der Waals surface area contributed by atoms with E-state index in [0.29, 0.717) is 17.9 Å². The van der Waals surface area contributed by atoms with Crippen molar-refractivity contribution in [2.45, 2.75) is 19.8 Å². The lowest BCUT2D eigenvalue weighted by molar-refractivity contribution is 0.0973. The number of hydrogen-bond donors (Lipinski definition) is 0. The zero-order valence-corrected chi connectivity index (χ0v) is 14.0. The van der Waals surface area contributed by atoms with Crippen LogP contribution < -0.4 is 4.90 Å². The summed E-state index contributed by atoms with van der Waals surface area (Å²) in [6, 6.07) is 9.97. The van der Waals surface area contributed by atoms with Gasteiger partial charge in [-0.25, -0.2) is 9.07 Å². The Morgan fingerprint density at radius 2 is 2.04 bits per heavy atom. The monoisotopic (exact) mass is 341 g/mol. The molecule has 0 radical (unpaired) electrons. The molecule has 0 unspecified atom stereocenters. The molecule has 0 fully saturated rings. The van der Waals surface area contributed by atoms with E-state index in [4.69, 9.17) is 0 Å². The number of thiophene rings is 1. The van der Waals surface area contributed by atoms with Gasteiger partial charge in [-0.2, -0.15) is 5.10 Å². The second-order valence-corrected chi connectivity index (χ2v) is 6.60. The molecule has 1 amide bonds. The lowest BCUT2D eigenvalue weighted by atomic mass is 10.0. The van der Waals surface area contributed by atoms with E-state index in [0.717, 1.165) is 29.1 Å². The number of carbonyl (C=O) groups excluding carboxylic acids is 1. The van der Waals surface area contributed by atoms with E-state index >= 15 is 0 Å². The van der Waals surface area contributed by atoms with Gasteiger partial charge in [0.1, 0.15) is 11.5 Å². The minimum Gasteiger partial charge on any atom is -0.298 e. The van der Waals surface area contributed by atoms with E-state index in [2.05, 4.69) is 5.10 Å². The van der Waals surface area contributed by atoms with E-state index < -0.39 is 0 Å². The number of benzene rings is 1. The molecule has 1 aliphatic rings. The highest BCUT2D eigenvalue weighted by atomic mass is 32.1. The smallest absolute Gasteiger partial charge is 0.277 e. The summed E-state index contributed by atoms with van der Waals surface area (Å²) >= 11 is 1.55. The van der Waals surface area contributed by atoms with Crippen LogP contribution in [0.2, 0.25) is 0 Å². The van der Waals surface area contributed by atoms with Gasteiger partial charge in [0.05, 0.1) is 16.4 Å². The van der Waals surface area contributed by atoms with Crippen LogP contribution in [0.3, 0.4) is 0 Å². The quantitative estimate of drug-likeness (QED) is 0.726. The van der Waals surface area contributed by atoms with Gasteiger partial charge in [-0.15, -0.1) is 11.3 Å². The van der Waals surface area contributed by atoms with Crippen molar-refractivity contribution in [1.29, 1.82) is 0 Å². The molecule has 0 aliphatic carbocycles. The first-order valence-electron chi connectivity index (χ1n) is 7.91. The van der Waals surface area contributed by atoms with E-state index in [1.807, 2.05) is 24.4 Å². The van der Waals surface area contributed by atoms with Crippen molar-refractivity contribution in [3.63, 3.8) is 0 Å². The van der Waals surface area contributed by atoms with Gasteiger partial charge < -0.3 is 0 Å². The molecule has 6 heteroatoms. The fourth-order valence-electron chi connectivity index (χ4n) is 3.12. The molecule has 0 spiro atoms. The predicted molar refractivity (Wildman–Crippen MR) is 92.6 cm³/mol. The van der Waals surface area contributed by atoms with Crippen LogP contribution >= 0.6 is 11.3 Å². The zero-order valence-electron chi connectivity index (χ0n) is 13.2. The molecule has 122 valence electrons. The third-order valence-electron chi connectivity index (χ3n) is 4.28. The maximum absolute atomic E-state index is 13.2. The van der Waals surface area contributed by atoms with Crippen molar-refractivity contribution in [3.05, 3.63) is 64.5 Å². The van der Waals surface area contributed by atoms with Crippen LogP contribution in [0.15, 0.2) is 41.8 Å². The highest BCUT2D eigenvalue weighted by Gasteiger charge is 2.32. The predicted octanol–water partition coefficient (Wildman–Crippen LogP) is 3.84. The Bertz CT molecular complexity index is 884. The Morgan fingerprint density at radius 3 is 2.71 bits per heavy atom. The zero-order chi connectivity index (χ0) is 16.7. The van der Waals surface area contributed by atoms with E-state index in [-0.39, 0.29) is 11.7 Å². The minimum absolute atomic E-state index is 0.0461. The summed E-state index contributed by atoms with van der Waals surface area (Å²) in [5.41, 5.74) is 3.25. The Kier molecular flexibility index (Phi) is 3.69. The topological polar surface area (TPSA) is 38.1 Å². The van der Waals surface area contributed by atoms with Gasteiger partial charge in [-0.05, 0) is 54.6 Å². The molecule has 24 heavy (non-hydrogen) atoms. The first-order chi connectivity index (χ1) is 11.7. The first kappa shape index (κ1) is 15.1. The average molecular weight is 341 g/mol. The summed E-state index contributed by atoms with van der Waals surface area (Å²) in [5.74, 6) is -0.350. The highest BCUT2D eigenvalue weighted by molar-refractivity contribution is 7.14. The Morgan fingerprint density at radius 1 is 1.25 bits per heavy atom. The maximum Gasteiger partial charge on any atom is 0.277 e. The average Bonchev–Trinajstić information content (AvgIpc) is 3.24. The van der Waals surface area contributed by atoms with Crippen molar-refractivity contribution in [2.75, 3.05) is 11.4 Å². The van der Waals surface area contributed by atoms with Crippen LogP contribution in [0.1, 0.15) is 28.7 Å². The molecule has 0 saturated carbocycles. The molecule has 4 rings (SSSR count). The van der Waals surface area contributed by atoms with Crippen LogP contribution in [-0.2, 0) is 12.8 Å². The third-order valence-corrected chi connectivity index (χ3v) is 5.17. The fourth-order valence-corrected chi connectivity index (χ4v) is 3.87. The van der Waals surface area contributed by atoms with Crippen LogP contribution in [0.25, 0.3) is 5.69 Å². The molecule has 4 nitrogen and oxygen atoms in total. The van der Waals surface area contributed by atoms with Crippen LogP contribution in [0, 0.1) is 5.82 Å². The van der Waals surface area contributed by atoms with Crippen molar-refractivity contribution >= 4 is 22.2 Å². The summed E-state index contributed by atoms with van der Waals surface area (Å²) in [5, 5.41) is 7.53. The molecular weight excluding hydrogens is 325 g/mol. The van der Waals surface area contributed by atoms with Crippen molar-refractivity contribution in [1.82, 2.24) is 9.78 Å². The molecule has 2 aromatic heterocycles. The van der Waals surface area contributed by atoms with Crippen molar-refractivity contribution in [3.8, 4) is 5.69 Å². The molecule has 3 heterocycles. The van der Waals surface area contributed by atoms with E-state index in [1.54, 1.807) is 33.1 Å². The van der Waals surface area contributed by atoms with Gasteiger partial charge in [-0.1, -0.05) is 6.92 Å². The van der Waals surface area contributed by atoms with Gasteiger partial charge >= 0.3 is 0 Å². The third kappa shape index (κ3) is 2.34. The second kappa shape index (κ2) is 5.87. The maximum atomic E-state index is 13.2. The van der Waals surface area contributed by atoms with Crippen LogP contribution in [0.4, 0.5) is 9.39 Å². The number of rotatable bonds is 3.